The normalized spacial score (nSPS) is 10.1. The summed E-state index contributed by atoms with van der Waals surface area (Å²) in [5.41, 5.74) is 1.38. The number of carbonyl (C=O) groups excluding carboxylic acids is 1. The first-order valence-electron chi connectivity index (χ1n) is 4.80. The molecule has 1 aromatic carbocycles. The Morgan fingerprint density at radius 3 is 2.80 bits per heavy atom. The molecule has 0 radical (unpaired) electrons. The van der Waals surface area contributed by atoms with Crippen molar-refractivity contribution in [1.82, 2.24) is 0 Å². The predicted molar refractivity (Wildman–Crippen MR) is 62.4 cm³/mol. The highest BCUT2D eigenvalue weighted by molar-refractivity contribution is 9.10. The Morgan fingerprint density at radius 2 is 2.20 bits per heavy atom. The number of amides is 1. The first-order valence-corrected chi connectivity index (χ1v) is 5.59. The van der Waals surface area contributed by atoms with Crippen molar-refractivity contribution in [2.75, 3.05) is 5.32 Å². The molecule has 0 bridgehead atoms. The quantitative estimate of drug-likeness (QED) is 0.895. The number of hydrogen-bond acceptors (Lipinski definition) is 1. The molecule has 1 rings (SSSR count). The van der Waals surface area contributed by atoms with E-state index in [2.05, 4.69) is 21.2 Å². The molecular weight excluding hydrogens is 261 g/mol. The number of aryl methyl sites for hydroxylation is 1. The maximum atomic E-state index is 13.1. The third kappa shape index (κ3) is 3.30. The maximum absolute atomic E-state index is 13.1. The molecule has 0 aliphatic carbocycles. The summed E-state index contributed by atoms with van der Waals surface area (Å²) in [4.78, 5) is 11.3. The highest BCUT2D eigenvalue weighted by atomic mass is 79.9. The molecule has 0 aromatic heterocycles. The van der Waals surface area contributed by atoms with Gasteiger partial charge in [-0.3, -0.25) is 4.79 Å². The Labute approximate surface area is 97.0 Å². The number of hydrogen-bond donors (Lipinski definition) is 1. The van der Waals surface area contributed by atoms with E-state index in [1.807, 2.05) is 6.92 Å². The van der Waals surface area contributed by atoms with Gasteiger partial charge >= 0.3 is 0 Å². The molecule has 0 unspecified atom stereocenters. The van der Waals surface area contributed by atoms with Crippen LogP contribution in [0, 0.1) is 12.7 Å². The van der Waals surface area contributed by atoms with Crippen LogP contribution < -0.4 is 5.32 Å². The fourth-order valence-electron chi connectivity index (χ4n) is 1.22. The van der Waals surface area contributed by atoms with Gasteiger partial charge < -0.3 is 5.32 Å². The first-order chi connectivity index (χ1) is 7.04. The Morgan fingerprint density at radius 1 is 1.53 bits per heavy atom. The van der Waals surface area contributed by atoms with Crippen LogP contribution in [-0.2, 0) is 4.79 Å². The molecule has 0 saturated heterocycles. The lowest BCUT2D eigenvalue weighted by Crippen LogP contribution is -2.11. The molecule has 1 aromatic rings. The zero-order valence-electron chi connectivity index (χ0n) is 8.73. The standard InChI is InChI=1S/C11H13BrFNO/c1-3-4-11(15)14-10-6-8(12)9(13)5-7(10)2/h5-6H,3-4H2,1-2H3,(H,14,15). The Kier molecular flexibility index (Phi) is 4.27. The van der Waals surface area contributed by atoms with E-state index in [4.69, 9.17) is 0 Å². The minimum absolute atomic E-state index is 0.0425. The molecule has 15 heavy (non-hydrogen) atoms. The van der Waals surface area contributed by atoms with E-state index in [-0.39, 0.29) is 11.7 Å². The minimum atomic E-state index is -0.319. The predicted octanol–water partition coefficient (Wildman–Crippen LogP) is 3.64. The molecule has 0 saturated carbocycles. The van der Waals surface area contributed by atoms with Crippen LogP contribution in [0.2, 0.25) is 0 Å². The van der Waals surface area contributed by atoms with Crippen molar-refractivity contribution in [3.05, 3.63) is 28.0 Å². The summed E-state index contributed by atoms with van der Waals surface area (Å²) < 4.78 is 13.4. The van der Waals surface area contributed by atoms with Gasteiger partial charge in [-0.1, -0.05) is 6.92 Å². The molecule has 0 atom stereocenters. The largest absolute Gasteiger partial charge is 0.326 e. The van der Waals surface area contributed by atoms with Crippen LogP contribution in [0.4, 0.5) is 10.1 Å². The summed E-state index contributed by atoms with van der Waals surface area (Å²) in [7, 11) is 0. The zero-order valence-corrected chi connectivity index (χ0v) is 10.3. The van der Waals surface area contributed by atoms with E-state index in [0.29, 0.717) is 16.6 Å². The molecule has 1 N–H and O–H groups in total. The van der Waals surface area contributed by atoms with Gasteiger partial charge in [-0.25, -0.2) is 4.39 Å². The van der Waals surface area contributed by atoms with Gasteiger partial charge in [0.2, 0.25) is 5.91 Å². The number of nitrogens with one attached hydrogen (secondary N) is 1. The van der Waals surface area contributed by atoms with E-state index in [1.54, 1.807) is 13.0 Å². The lowest BCUT2D eigenvalue weighted by Gasteiger charge is -2.08. The molecule has 4 heteroatoms. The lowest BCUT2D eigenvalue weighted by atomic mass is 10.2. The smallest absolute Gasteiger partial charge is 0.224 e. The second-order valence-corrected chi connectivity index (χ2v) is 4.23. The zero-order chi connectivity index (χ0) is 11.4. The third-order valence-corrected chi connectivity index (χ3v) is 2.63. The van der Waals surface area contributed by atoms with Crippen molar-refractivity contribution in [2.45, 2.75) is 26.7 Å². The number of anilines is 1. The third-order valence-electron chi connectivity index (χ3n) is 2.02. The summed E-state index contributed by atoms with van der Waals surface area (Å²) in [6.45, 7) is 3.70. The minimum Gasteiger partial charge on any atom is -0.326 e. The number of rotatable bonds is 3. The fourth-order valence-corrected chi connectivity index (χ4v) is 1.56. The summed E-state index contributed by atoms with van der Waals surface area (Å²) in [6, 6.07) is 2.98. The molecule has 0 aliphatic heterocycles. The Hall–Kier alpha value is -0.900. The van der Waals surface area contributed by atoms with Crippen molar-refractivity contribution >= 4 is 27.5 Å². The van der Waals surface area contributed by atoms with Gasteiger partial charge in [-0.15, -0.1) is 0 Å². The second kappa shape index (κ2) is 5.26. The second-order valence-electron chi connectivity index (χ2n) is 3.38. The fraction of sp³-hybridized carbons (Fsp3) is 0.364. The van der Waals surface area contributed by atoms with Crippen LogP contribution in [0.5, 0.6) is 0 Å². The molecule has 0 spiro atoms. The van der Waals surface area contributed by atoms with E-state index >= 15 is 0 Å². The van der Waals surface area contributed by atoms with Crippen molar-refractivity contribution in [2.24, 2.45) is 0 Å². The monoisotopic (exact) mass is 273 g/mol. The molecule has 1 amide bonds. The van der Waals surface area contributed by atoms with Crippen LogP contribution in [0.25, 0.3) is 0 Å². The van der Waals surface area contributed by atoms with E-state index in [9.17, 15) is 9.18 Å². The molecule has 0 heterocycles. The lowest BCUT2D eigenvalue weighted by molar-refractivity contribution is -0.116. The number of carbonyl (C=O) groups is 1. The van der Waals surface area contributed by atoms with Crippen LogP contribution in [0.15, 0.2) is 16.6 Å². The van der Waals surface area contributed by atoms with Crippen molar-refractivity contribution in [3.8, 4) is 0 Å². The van der Waals surface area contributed by atoms with E-state index in [1.165, 1.54) is 6.07 Å². The molecular formula is C11H13BrFNO. The van der Waals surface area contributed by atoms with Gasteiger partial charge in [0, 0.05) is 12.1 Å². The highest BCUT2D eigenvalue weighted by Crippen LogP contribution is 2.24. The maximum Gasteiger partial charge on any atom is 0.224 e. The van der Waals surface area contributed by atoms with Gasteiger partial charge in [-0.05, 0) is 47.0 Å². The van der Waals surface area contributed by atoms with E-state index in [0.717, 1.165) is 12.0 Å². The average Bonchev–Trinajstić information content (AvgIpc) is 2.14. The molecule has 0 fully saturated rings. The summed E-state index contributed by atoms with van der Waals surface area (Å²) in [6.07, 6.45) is 1.28. The van der Waals surface area contributed by atoms with E-state index < -0.39 is 0 Å². The Bertz CT molecular complexity index is 379. The van der Waals surface area contributed by atoms with Gasteiger partial charge in [0.1, 0.15) is 5.82 Å². The van der Waals surface area contributed by atoms with Crippen molar-refractivity contribution in [1.29, 1.82) is 0 Å². The number of benzene rings is 1. The van der Waals surface area contributed by atoms with Crippen LogP contribution in [0.1, 0.15) is 25.3 Å². The van der Waals surface area contributed by atoms with Gasteiger partial charge in [0.15, 0.2) is 0 Å². The molecule has 82 valence electrons. The molecule has 2 nitrogen and oxygen atoms in total. The topological polar surface area (TPSA) is 29.1 Å². The van der Waals surface area contributed by atoms with Crippen LogP contribution in [0.3, 0.4) is 0 Å². The van der Waals surface area contributed by atoms with Gasteiger partial charge in [-0.2, -0.15) is 0 Å². The summed E-state index contributed by atoms with van der Waals surface area (Å²) >= 11 is 3.08. The van der Waals surface area contributed by atoms with Gasteiger partial charge in [0.25, 0.3) is 0 Å². The van der Waals surface area contributed by atoms with Crippen LogP contribution >= 0.6 is 15.9 Å². The summed E-state index contributed by atoms with van der Waals surface area (Å²) in [5.74, 6) is -0.361. The number of halogens is 2. The Balaban J connectivity index is 2.86. The van der Waals surface area contributed by atoms with Crippen molar-refractivity contribution < 1.29 is 9.18 Å². The van der Waals surface area contributed by atoms with Crippen molar-refractivity contribution in [3.63, 3.8) is 0 Å². The highest BCUT2D eigenvalue weighted by Gasteiger charge is 2.07. The summed E-state index contributed by atoms with van der Waals surface area (Å²) in [5, 5.41) is 2.74. The first kappa shape index (κ1) is 12.2. The average molecular weight is 274 g/mol. The molecule has 0 aliphatic rings. The van der Waals surface area contributed by atoms with Crippen LogP contribution in [-0.4, -0.2) is 5.91 Å². The van der Waals surface area contributed by atoms with Gasteiger partial charge in [0.05, 0.1) is 4.47 Å². The SMILES string of the molecule is CCCC(=O)Nc1cc(Br)c(F)cc1C.